The smallest absolute Gasteiger partial charge is 0.282 e. The molecule has 0 aromatic heterocycles. The van der Waals surface area contributed by atoms with Crippen LogP contribution in [0.15, 0.2) is 29.2 Å². The molecule has 2 heterocycles. The molecule has 2 fully saturated rings. The predicted octanol–water partition coefficient (Wildman–Crippen LogP) is 0.827. The predicted molar refractivity (Wildman–Crippen MR) is 91.2 cm³/mol. The van der Waals surface area contributed by atoms with Crippen molar-refractivity contribution in [3.63, 3.8) is 0 Å². The van der Waals surface area contributed by atoms with Gasteiger partial charge in [0, 0.05) is 38.5 Å². The summed E-state index contributed by atoms with van der Waals surface area (Å²) in [6.45, 7) is 1.22. The molecule has 0 atom stereocenters. The maximum absolute atomic E-state index is 13.8. The molecule has 0 bridgehead atoms. The second kappa shape index (κ2) is 7.30. The molecular weight excluding hydrogens is 369 g/mol. The Labute approximate surface area is 149 Å². The fraction of sp³-hybridized carbons (Fsp3) is 0.467. The van der Waals surface area contributed by atoms with Crippen LogP contribution in [0.5, 0.6) is 0 Å². The SMILES string of the molecule is O=C(CN1CCSC1=O)N1CCN(S(=O)(=O)c2ccccc2F)CC1. The first-order chi connectivity index (χ1) is 11.9. The van der Waals surface area contributed by atoms with Gasteiger partial charge in [-0.3, -0.25) is 9.59 Å². The lowest BCUT2D eigenvalue weighted by Gasteiger charge is -2.34. The number of hydrogen-bond donors (Lipinski definition) is 0. The number of thioether (sulfide) groups is 1. The Hall–Kier alpha value is -1.65. The van der Waals surface area contributed by atoms with Crippen LogP contribution < -0.4 is 0 Å². The Morgan fingerprint density at radius 1 is 1.12 bits per heavy atom. The molecule has 1 aromatic rings. The van der Waals surface area contributed by atoms with Crippen molar-refractivity contribution in [2.45, 2.75) is 4.90 Å². The summed E-state index contributed by atoms with van der Waals surface area (Å²) in [5, 5.41) is -0.103. The summed E-state index contributed by atoms with van der Waals surface area (Å²) < 4.78 is 40.1. The molecule has 25 heavy (non-hydrogen) atoms. The lowest BCUT2D eigenvalue weighted by atomic mass is 10.3. The van der Waals surface area contributed by atoms with Crippen molar-refractivity contribution in [2.24, 2.45) is 0 Å². The van der Waals surface area contributed by atoms with E-state index in [1.807, 2.05) is 0 Å². The standard InChI is InChI=1S/C15H18FN3O4S2/c16-12-3-1-2-4-13(12)25(22,23)19-7-5-17(6-8-19)14(20)11-18-9-10-24-15(18)21/h1-4H,5-11H2. The number of benzene rings is 1. The molecular formula is C15H18FN3O4S2. The zero-order valence-corrected chi connectivity index (χ0v) is 15.1. The summed E-state index contributed by atoms with van der Waals surface area (Å²) in [5.74, 6) is -0.300. The van der Waals surface area contributed by atoms with Gasteiger partial charge in [0.05, 0.1) is 0 Å². The summed E-state index contributed by atoms with van der Waals surface area (Å²) >= 11 is 1.19. The van der Waals surface area contributed by atoms with Crippen LogP contribution in [0.2, 0.25) is 0 Å². The van der Waals surface area contributed by atoms with Crippen LogP contribution in [0.4, 0.5) is 9.18 Å². The van der Waals surface area contributed by atoms with Crippen LogP contribution in [-0.4, -0.2) is 78.7 Å². The molecule has 136 valence electrons. The number of halogens is 1. The van der Waals surface area contributed by atoms with E-state index in [1.54, 1.807) is 4.90 Å². The molecule has 2 aliphatic rings. The molecule has 0 N–H and O–H groups in total. The van der Waals surface area contributed by atoms with Crippen molar-refractivity contribution in [1.82, 2.24) is 14.1 Å². The van der Waals surface area contributed by atoms with Gasteiger partial charge in [0.25, 0.3) is 5.24 Å². The fourth-order valence-electron chi connectivity index (χ4n) is 2.80. The summed E-state index contributed by atoms with van der Waals surface area (Å²) in [6.07, 6.45) is 0. The van der Waals surface area contributed by atoms with Gasteiger partial charge in [-0.15, -0.1) is 0 Å². The van der Waals surface area contributed by atoms with E-state index in [4.69, 9.17) is 0 Å². The van der Waals surface area contributed by atoms with Gasteiger partial charge in [0.1, 0.15) is 17.3 Å². The van der Waals surface area contributed by atoms with Gasteiger partial charge in [0.15, 0.2) is 0 Å². The van der Waals surface area contributed by atoms with E-state index in [-0.39, 0.29) is 48.8 Å². The van der Waals surface area contributed by atoms with Crippen molar-refractivity contribution in [1.29, 1.82) is 0 Å². The van der Waals surface area contributed by atoms with E-state index in [1.165, 1.54) is 39.2 Å². The third-order valence-corrected chi connectivity index (χ3v) is 7.04. The Morgan fingerprint density at radius 2 is 1.80 bits per heavy atom. The molecule has 0 radical (unpaired) electrons. The highest BCUT2D eigenvalue weighted by Gasteiger charge is 2.33. The van der Waals surface area contributed by atoms with Crippen molar-refractivity contribution in [3.05, 3.63) is 30.1 Å². The molecule has 0 aliphatic carbocycles. The first-order valence-corrected chi connectivity index (χ1v) is 10.3. The minimum absolute atomic E-state index is 0.0197. The topological polar surface area (TPSA) is 78.0 Å². The average molecular weight is 387 g/mol. The number of sulfonamides is 1. The molecule has 0 spiro atoms. The van der Waals surface area contributed by atoms with Crippen LogP contribution in [0, 0.1) is 5.82 Å². The third kappa shape index (κ3) is 3.80. The van der Waals surface area contributed by atoms with Gasteiger partial charge in [-0.2, -0.15) is 4.31 Å². The van der Waals surface area contributed by atoms with Crippen LogP contribution >= 0.6 is 11.8 Å². The number of rotatable bonds is 4. The number of piperazine rings is 1. The maximum Gasteiger partial charge on any atom is 0.282 e. The number of carbonyl (C=O) groups excluding carboxylic acids is 2. The van der Waals surface area contributed by atoms with Crippen molar-refractivity contribution in [2.75, 3.05) is 45.0 Å². The monoisotopic (exact) mass is 387 g/mol. The van der Waals surface area contributed by atoms with Crippen LogP contribution in [-0.2, 0) is 14.8 Å². The summed E-state index contributed by atoms with van der Waals surface area (Å²) in [6, 6.07) is 5.25. The van der Waals surface area contributed by atoms with Gasteiger partial charge < -0.3 is 9.80 Å². The molecule has 2 aliphatic heterocycles. The quantitative estimate of drug-likeness (QED) is 0.765. The van der Waals surface area contributed by atoms with Crippen molar-refractivity contribution in [3.8, 4) is 0 Å². The number of nitrogens with zero attached hydrogens (tertiary/aromatic N) is 3. The third-order valence-electron chi connectivity index (χ3n) is 4.22. The van der Waals surface area contributed by atoms with E-state index >= 15 is 0 Å². The first-order valence-electron chi connectivity index (χ1n) is 7.84. The number of carbonyl (C=O) groups is 2. The molecule has 0 unspecified atom stereocenters. The maximum atomic E-state index is 13.8. The minimum atomic E-state index is -3.92. The lowest BCUT2D eigenvalue weighted by molar-refractivity contribution is -0.132. The average Bonchev–Trinajstić information content (AvgIpc) is 3.00. The second-order valence-electron chi connectivity index (χ2n) is 5.75. The zero-order valence-electron chi connectivity index (χ0n) is 13.4. The second-order valence-corrected chi connectivity index (χ2v) is 8.70. The summed E-state index contributed by atoms with van der Waals surface area (Å²) in [4.78, 5) is 26.5. The van der Waals surface area contributed by atoms with E-state index in [9.17, 15) is 22.4 Å². The van der Waals surface area contributed by atoms with Crippen LogP contribution in [0.1, 0.15) is 0 Å². The van der Waals surface area contributed by atoms with E-state index < -0.39 is 15.8 Å². The van der Waals surface area contributed by atoms with E-state index in [0.717, 1.165) is 6.07 Å². The van der Waals surface area contributed by atoms with E-state index in [0.29, 0.717) is 12.3 Å². The Balaban J connectivity index is 1.61. The zero-order chi connectivity index (χ0) is 18.0. The molecule has 0 saturated carbocycles. The largest absolute Gasteiger partial charge is 0.339 e. The number of hydrogen-bond acceptors (Lipinski definition) is 5. The number of amides is 2. The Morgan fingerprint density at radius 3 is 2.40 bits per heavy atom. The molecule has 1 aromatic carbocycles. The highest BCUT2D eigenvalue weighted by atomic mass is 32.2. The Kier molecular flexibility index (Phi) is 5.30. The molecule has 10 heteroatoms. The van der Waals surface area contributed by atoms with Gasteiger partial charge in [0.2, 0.25) is 15.9 Å². The highest BCUT2D eigenvalue weighted by Crippen LogP contribution is 2.21. The Bertz CT molecular complexity index is 779. The van der Waals surface area contributed by atoms with Crippen molar-refractivity contribution < 1.29 is 22.4 Å². The fourth-order valence-corrected chi connectivity index (χ4v) is 5.12. The van der Waals surface area contributed by atoms with E-state index in [2.05, 4.69) is 0 Å². The molecule has 2 amide bonds. The lowest BCUT2D eigenvalue weighted by Crippen LogP contribution is -2.52. The normalized spacial score (nSPS) is 19.5. The van der Waals surface area contributed by atoms with Crippen LogP contribution in [0.25, 0.3) is 0 Å². The molecule has 2 saturated heterocycles. The summed E-state index contributed by atoms with van der Waals surface area (Å²) in [5.41, 5.74) is 0. The van der Waals surface area contributed by atoms with Gasteiger partial charge in [-0.1, -0.05) is 23.9 Å². The van der Waals surface area contributed by atoms with Gasteiger partial charge in [-0.25, -0.2) is 12.8 Å². The first kappa shape index (κ1) is 18.2. The van der Waals surface area contributed by atoms with Crippen LogP contribution in [0.3, 0.4) is 0 Å². The summed E-state index contributed by atoms with van der Waals surface area (Å²) in [7, 11) is -3.92. The van der Waals surface area contributed by atoms with Crippen molar-refractivity contribution >= 4 is 32.9 Å². The highest BCUT2D eigenvalue weighted by molar-refractivity contribution is 8.13. The van der Waals surface area contributed by atoms with Gasteiger partial charge in [-0.05, 0) is 12.1 Å². The molecule has 3 rings (SSSR count). The van der Waals surface area contributed by atoms with Gasteiger partial charge >= 0.3 is 0 Å². The molecule has 7 nitrogen and oxygen atoms in total. The minimum Gasteiger partial charge on any atom is -0.339 e.